The Morgan fingerprint density at radius 3 is 2.68 bits per heavy atom. The minimum absolute atomic E-state index is 0.207. The molecule has 2 rings (SSSR count). The van der Waals surface area contributed by atoms with E-state index in [1.165, 1.54) is 11.8 Å². The first kappa shape index (κ1) is 14.1. The van der Waals surface area contributed by atoms with E-state index in [1.54, 1.807) is 4.57 Å². The summed E-state index contributed by atoms with van der Waals surface area (Å²) in [5, 5.41) is 0.731. The van der Waals surface area contributed by atoms with Crippen molar-refractivity contribution in [3.05, 3.63) is 16.3 Å². The molecule has 104 valence electrons. The Bertz CT molecular complexity index is 629. The smallest absolute Gasteiger partial charge is 0.338 e. The van der Waals surface area contributed by atoms with Crippen molar-refractivity contribution in [2.24, 2.45) is 5.92 Å². The summed E-state index contributed by atoms with van der Waals surface area (Å²) in [6.07, 6.45) is 3.69. The second-order valence-corrected chi connectivity index (χ2v) is 5.83. The molecule has 0 fully saturated rings. The van der Waals surface area contributed by atoms with Crippen molar-refractivity contribution in [2.45, 2.75) is 45.2 Å². The minimum Gasteiger partial charge on any atom is -0.338 e. The van der Waals surface area contributed by atoms with Gasteiger partial charge in [0.1, 0.15) is 16.4 Å². The summed E-state index contributed by atoms with van der Waals surface area (Å²) >= 11 is 1.48. The number of fused-ring (bicyclic) bond motifs is 1. The molecule has 2 heterocycles. The Labute approximate surface area is 116 Å². The van der Waals surface area contributed by atoms with Crippen molar-refractivity contribution in [3.63, 3.8) is 0 Å². The molecule has 6 heteroatoms. The van der Waals surface area contributed by atoms with Crippen molar-refractivity contribution in [3.8, 4) is 0 Å². The average molecular weight is 280 g/mol. The number of H-pyrrole nitrogens is 1. The highest BCUT2D eigenvalue weighted by atomic mass is 32.2. The fourth-order valence-electron chi connectivity index (χ4n) is 2.11. The van der Waals surface area contributed by atoms with Gasteiger partial charge in [0, 0.05) is 13.0 Å². The fourth-order valence-corrected chi connectivity index (χ4v) is 2.62. The van der Waals surface area contributed by atoms with Crippen LogP contribution in [0.2, 0.25) is 0 Å². The summed E-state index contributed by atoms with van der Waals surface area (Å²) in [6.45, 7) is 7.01. The van der Waals surface area contributed by atoms with Crippen molar-refractivity contribution >= 4 is 22.9 Å². The highest BCUT2D eigenvalue weighted by Gasteiger charge is 2.14. The lowest BCUT2D eigenvalue weighted by atomic mass is 10.1. The maximum Gasteiger partial charge on any atom is 0.350 e. The highest BCUT2D eigenvalue weighted by molar-refractivity contribution is 7.98. The average Bonchev–Trinajstić information content (AvgIpc) is 2.75. The zero-order chi connectivity index (χ0) is 14.0. The van der Waals surface area contributed by atoms with E-state index >= 15 is 0 Å². The van der Waals surface area contributed by atoms with Crippen molar-refractivity contribution in [1.82, 2.24) is 19.5 Å². The van der Waals surface area contributed by atoms with Gasteiger partial charge in [-0.15, -0.1) is 11.8 Å². The standard InChI is InChI=1S/C13H20N4OS/c1-5-6-17-11-10(12(19-4)16-13(17)18)14-9(15-11)7-8(2)3/h8H,5-7H2,1-4H3,(H,14,15). The summed E-state index contributed by atoms with van der Waals surface area (Å²) < 4.78 is 1.66. The monoisotopic (exact) mass is 280 g/mol. The molecule has 2 aromatic heterocycles. The molecule has 0 aliphatic rings. The quantitative estimate of drug-likeness (QED) is 0.675. The number of nitrogens with one attached hydrogen (secondary N) is 1. The number of hydrogen-bond donors (Lipinski definition) is 1. The van der Waals surface area contributed by atoms with Gasteiger partial charge in [-0.1, -0.05) is 20.8 Å². The lowest BCUT2D eigenvalue weighted by Gasteiger charge is -2.05. The lowest BCUT2D eigenvalue weighted by molar-refractivity contribution is 0.623. The van der Waals surface area contributed by atoms with E-state index in [9.17, 15) is 4.79 Å². The molecule has 1 N–H and O–H groups in total. The third kappa shape index (κ3) is 2.83. The van der Waals surface area contributed by atoms with E-state index in [0.717, 1.165) is 34.9 Å². The van der Waals surface area contributed by atoms with Crippen LogP contribution < -0.4 is 5.69 Å². The number of imidazole rings is 1. The third-order valence-corrected chi connectivity index (χ3v) is 3.56. The van der Waals surface area contributed by atoms with Crippen LogP contribution in [0.5, 0.6) is 0 Å². The minimum atomic E-state index is -0.207. The number of aryl methyl sites for hydroxylation is 1. The Balaban J connectivity index is 2.64. The van der Waals surface area contributed by atoms with Gasteiger partial charge in [-0.2, -0.15) is 4.98 Å². The van der Waals surface area contributed by atoms with E-state index in [1.807, 2.05) is 13.2 Å². The first-order valence-electron chi connectivity index (χ1n) is 6.60. The number of aromatic amines is 1. The molecule has 0 amide bonds. The molecule has 0 radical (unpaired) electrons. The Morgan fingerprint density at radius 1 is 1.37 bits per heavy atom. The molecule has 0 atom stereocenters. The zero-order valence-corrected chi connectivity index (χ0v) is 12.7. The lowest BCUT2D eigenvalue weighted by Crippen LogP contribution is -2.24. The normalized spacial score (nSPS) is 11.6. The number of rotatable bonds is 5. The molecule has 0 aliphatic carbocycles. The van der Waals surface area contributed by atoms with E-state index < -0.39 is 0 Å². The fraction of sp³-hybridized carbons (Fsp3) is 0.615. The number of aromatic nitrogens is 4. The largest absolute Gasteiger partial charge is 0.350 e. The second kappa shape index (κ2) is 5.77. The van der Waals surface area contributed by atoms with Gasteiger partial charge in [0.05, 0.1) is 0 Å². The van der Waals surface area contributed by atoms with E-state index in [0.29, 0.717) is 12.5 Å². The van der Waals surface area contributed by atoms with Crippen molar-refractivity contribution in [2.75, 3.05) is 6.26 Å². The van der Waals surface area contributed by atoms with Gasteiger partial charge < -0.3 is 4.98 Å². The van der Waals surface area contributed by atoms with Crippen LogP contribution in [0.15, 0.2) is 9.82 Å². The van der Waals surface area contributed by atoms with E-state index in [2.05, 4.69) is 28.8 Å². The highest BCUT2D eigenvalue weighted by Crippen LogP contribution is 2.21. The van der Waals surface area contributed by atoms with Gasteiger partial charge in [-0.25, -0.2) is 9.78 Å². The van der Waals surface area contributed by atoms with Crippen LogP contribution in [0.3, 0.4) is 0 Å². The van der Waals surface area contributed by atoms with E-state index in [-0.39, 0.29) is 5.69 Å². The summed E-state index contributed by atoms with van der Waals surface area (Å²) in [5.74, 6) is 1.45. The van der Waals surface area contributed by atoms with Crippen LogP contribution in [0.4, 0.5) is 0 Å². The molecule has 0 saturated heterocycles. The summed E-state index contributed by atoms with van der Waals surface area (Å²) in [7, 11) is 0. The van der Waals surface area contributed by atoms with Crippen LogP contribution in [-0.4, -0.2) is 25.8 Å². The van der Waals surface area contributed by atoms with Gasteiger partial charge in [0.2, 0.25) is 0 Å². The number of nitrogens with zero attached hydrogens (tertiary/aromatic N) is 3. The van der Waals surface area contributed by atoms with Crippen LogP contribution in [0.25, 0.3) is 11.2 Å². The second-order valence-electron chi connectivity index (χ2n) is 5.04. The zero-order valence-electron chi connectivity index (χ0n) is 11.9. The Hall–Kier alpha value is -1.30. The molecule has 0 saturated carbocycles. The Kier molecular flexibility index (Phi) is 4.29. The van der Waals surface area contributed by atoms with Gasteiger partial charge in [0.15, 0.2) is 5.65 Å². The Morgan fingerprint density at radius 2 is 2.11 bits per heavy atom. The first-order chi connectivity index (χ1) is 9.06. The molecule has 19 heavy (non-hydrogen) atoms. The summed E-state index contributed by atoms with van der Waals surface area (Å²) in [6, 6.07) is 0. The van der Waals surface area contributed by atoms with Crippen LogP contribution >= 0.6 is 11.8 Å². The van der Waals surface area contributed by atoms with Crippen molar-refractivity contribution < 1.29 is 0 Å². The predicted molar refractivity (Wildman–Crippen MR) is 78.8 cm³/mol. The van der Waals surface area contributed by atoms with Gasteiger partial charge >= 0.3 is 5.69 Å². The molecule has 0 aromatic carbocycles. The number of thioether (sulfide) groups is 1. The molecule has 0 bridgehead atoms. The molecule has 2 aromatic rings. The van der Waals surface area contributed by atoms with Gasteiger partial charge in [0.25, 0.3) is 0 Å². The van der Waals surface area contributed by atoms with Gasteiger partial charge in [-0.3, -0.25) is 4.57 Å². The summed E-state index contributed by atoms with van der Waals surface area (Å²) in [4.78, 5) is 24.1. The molecule has 0 spiro atoms. The number of hydrogen-bond acceptors (Lipinski definition) is 4. The maximum absolute atomic E-state index is 12.0. The molecule has 5 nitrogen and oxygen atoms in total. The molecular formula is C13H20N4OS. The third-order valence-electron chi connectivity index (χ3n) is 2.87. The molecule has 0 aliphatic heterocycles. The van der Waals surface area contributed by atoms with Crippen LogP contribution in [0.1, 0.15) is 33.0 Å². The maximum atomic E-state index is 12.0. The first-order valence-corrected chi connectivity index (χ1v) is 7.82. The van der Waals surface area contributed by atoms with Crippen LogP contribution in [0, 0.1) is 5.92 Å². The van der Waals surface area contributed by atoms with Gasteiger partial charge in [-0.05, 0) is 18.6 Å². The van der Waals surface area contributed by atoms with Crippen molar-refractivity contribution in [1.29, 1.82) is 0 Å². The summed E-state index contributed by atoms with van der Waals surface area (Å²) in [5.41, 5.74) is 1.42. The molecule has 0 unspecified atom stereocenters. The molecular weight excluding hydrogens is 260 g/mol. The van der Waals surface area contributed by atoms with Crippen LogP contribution in [-0.2, 0) is 13.0 Å². The van der Waals surface area contributed by atoms with E-state index in [4.69, 9.17) is 0 Å². The topological polar surface area (TPSA) is 63.6 Å². The predicted octanol–water partition coefficient (Wildman–Crippen LogP) is 2.45. The SMILES string of the molecule is CCCn1c(=O)nc(SC)c2[nH]c(CC(C)C)nc21.